The maximum Gasteiger partial charge on any atom is 0.225 e. The number of methoxy groups -OCH3 is 1. The average Bonchev–Trinajstić information content (AvgIpc) is 3.41. The van der Waals surface area contributed by atoms with Gasteiger partial charge in [-0.25, -0.2) is 0 Å². The Hall–Kier alpha value is -1.71. The van der Waals surface area contributed by atoms with Crippen LogP contribution in [0.2, 0.25) is 0 Å². The molecule has 1 aliphatic carbocycles. The Labute approximate surface area is 208 Å². The Morgan fingerprint density at radius 2 is 2.03 bits per heavy atom. The minimum Gasteiger partial charge on any atom is -0.496 e. The Morgan fingerprint density at radius 1 is 1.25 bits per heavy atom. The van der Waals surface area contributed by atoms with Crippen LogP contribution in [0.25, 0.3) is 0 Å². The molecule has 2 unspecified atom stereocenters. The smallest absolute Gasteiger partial charge is 0.225 e. The summed E-state index contributed by atoms with van der Waals surface area (Å²) in [5.41, 5.74) is 2.24. The van der Waals surface area contributed by atoms with Crippen molar-refractivity contribution in [3.8, 4) is 11.5 Å². The van der Waals surface area contributed by atoms with Crippen molar-refractivity contribution >= 4 is 35.8 Å². The fourth-order valence-electron chi connectivity index (χ4n) is 5.06. The first kappa shape index (κ1) is 24.9. The number of nitrogens with one attached hydrogen (secondary N) is 2. The van der Waals surface area contributed by atoms with Gasteiger partial charge in [-0.05, 0) is 38.3 Å². The first-order valence-electron chi connectivity index (χ1n) is 11.7. The predicted molar refractivity (Wildman–Crippen MR) is 137 cm³/mol. The van der Waals surface area contributed by atoms with Crippen molar-refractivity contribution in [3.05, 3.63) is 23.3 Å². The van der Waals surface area contributed by atoms with Gasteiger partial charge in [0.05, 0.1) is 7.11 Å². The number of fused-ring (bicyclic) bond motifs is 1. The number of halogens is 1. The maximum atomic E-state index is 12.8. The highest BCUT2D eigenvalue weighted by atomic mass is 127. The van der Waals surface area contributed by atoms with Gasteiger partial charge in [0.2, 0.25) is 5.91 Å². The van der Waals surface area contributed by atoms with Gasteiger partial charge >= 0.3 is 0 Å². The molecule has 1 aromatic rings. The number of aliphatic imine (C=N–C) groups is 1. The molecule has 1 saturated carbocycles. The molecule has 1 amide bonds. The summed E-state index contributed by atoms with van der Waals surface area (Å²) in [4.78, 5) is 19.3. The fourth-order valence-corrected chi connectivity index (χ4v) is 5.06. The summed E-state index contributed by atoms with van der Waals surface area (Å²) >= 11 is 0. The van der Waals surface area contributed by atoms with Crippen molar-refractivity contribution in [1.82, 2.24) is 15.5 Å². The molecule has 178 valence electrons. The number of carbonyl (C=O) groups excluding carboxylic acids is 1. The van der Waals surface area contributed by atoms with E-state index >= 15 is 0 Å². The molecule has 2 aliphatic heterocycles. The molecule has 1 aromatic carbocycles. The van der Waals surface area contributed by atoms with Gasteiger partial charge < -0.3 is 25.0 Å². The molecule has 2 N–H and O–H groups in total. The van der Waals surface area contributed by atoms with Gasteiger partial charge in [-0.3, -0.25) is 9.79 Å². The van der Waals surface area contributed by atoms with E-state index in [4.69, 9.17) is 9.47 Å². The van der Waals surface area contributed by atoms with Crippen molar-refractivity contribution in [2.75, 3.05) is 27.2 Å². The zero-order valence-electron chi connectivity index (χ0n) is 19.5. The highest BCUT2D eigenvalue weighted by molar-refractivity contribution is 14.0. The Bertz CT molecular complexity index is 826. The second-order valence-corrected chi connectivity index (χ2v) is 9.08. The van der Waals surface area contributed by atoms with Crippen molar-refractivity contribution in [3.63, 3.8) is 0 Å². The van der Waals surface area contributed by atoms with Crippen LogP contribution >= 0.6 is 24.0 Å². The second-order valence-electron chi connectivity index (χ2n) is 9.08. The molecular formula is C24H37IN4O3. The molecule has 2 heterocycles. The predicted octanol–water partition coefficient (Wildman–Crippen LogP) is 3.48. The third kappa shape index (κ3) is 5.80. The van der Waals surface area contributed by atoms with Crippen LogP contribution in [0, 0.1) is 5.92 Å². The van der Waals surface area contributed by atoms with Gasteiger partial charge in [0, 0.05) is 56.2 Å². The quantitative estimate of drug-likeness (QED) is 0.330. The summed E-state index contributed by atoms with van der Waals surface area (Å²) in [5.74, 6) is 3.14. The van der Waals surface area contributed by atoms with E-state index in [1.54, 1.807) is 14.2 Å². The molecule has 0 radical (unpaired) electrons. The highest BCUT2D eigenvalue weighted by Crippen LogP contribution is 2.35. The minimum absolute atomic E-state index is 0. The average molecular weight is 556 g/mol. The number of likely N-dealkylation sites (tertiary alicyclic amines) is 1. The van der Waals surface area contributed by atoms with Crippen LogP contribution in [0.3, 0.4) is 0 Å². The number of ether oxygens (including phenoxy) is 2. The molecule has 4 rings (SSSR count). The number of nitrogens with zero attached hydrogens (tertiary/aromatic N) is 2. The van der Waals surface area contributed by atoms with Gasteiger partial charge in [-0.1, -0.05) is 19.3 Å². The number of carbonyl (C=O) groups is 1. The number of hydrogen-bond acceptors (Lipinski definition) is 4. The summed E-state index contributed by atoms with van der Waals surface area (Å²) in [6.07, 6.45) is 7.85. The Balaban J connectivity index is 0.00000289. The third-order valence-electron chi connectivity index (χ3n) is 6.76. The molecule has 0 bridgehead atoms. The molecule has 7 nitrogen and oxygen atoms in total. The molecule has 0 aromatic heterocycles. The lowest BCUT2D eigenvalue weighted by Gasteiger charge is -2.26. The van der Waals surface area contributed by atoms with Crippen molar-refractivity contribution in [2.45, 2.75) is 70.6 Å². The molecule has 1 saturated heterocycles. The van der Waals surface area contributed by atoms with E-state index in [2.05, 4.69) is 34.7 Å². The number of hydrogen-bond donors (Lipinski definition) is 2. The second kappa shape index (κ2) is 11.4. The molecular weight excluding hydrogens is 519 g/mol. The number of amides is 1. The lowest BCUT2D eigenvalue weighted by Crippen LogP contribution is -2.45. The summed E-state index contributed by atoms with van der Waals surface area (Å²) < 4.78 is 11.5. The van der Waals surface area contributed by atoms with Crippen LogP contribution in [0.5, 0.6) is 11.5 Å². The van der Waals surface area contributed by atoms with Crippen molar-refractivity contribution in [1.29, 1.82) is 0 Å². The summed E-state index contributed by atoms with van der Waals surface area (Å²) in [6, 6.07) is 4.38. The fraction of sp³-hybridized carbons (Fsp3) is 0.667. The van der Waals surface area contributed by atoms with Crippen LogP contribution in [-0.2, 0) is 17.8 Å². The first-order chi connectivity index (χ1) is 15.1. The number of benzene rings is 1. The zero-order chi connectivity index (χ0) is 21.8. The van der Waals surface area contributed by atoms with E-state index in [1.807, 2.05) is 4.90 Å². The maximum absolute atomic E-state index is 12.8. The lowest BCUT2D eigenvalue weighted by molar-refractivity contribution is -0.135. The molecule has 3 aliphatic rings. The summed E-state index contributed by atoms with van der Waals surface area (Å²) in [5, 5.41) is 6.89. The lowest BCUT2D eigenvalue weighted by atomic mass is 9.88. The first-order valence-corrected chi connectivity index (χ1v) is 11.7. The summed E-state index contributed by atoms with van der Waals surface area (Å²) in [7, 11) is 3.48. The van der Waals surface area contributed by atoms with E-state index in [0.29, 0.717) is 12.5 Å². The van der Waals surface area contributed by atoms with Crippen LogP contribution in [-0.4, -0.2) is 56.2 Å². The molecule has 8 heteroatoms. The summed E-state index contributed by atoms with van der Waals surface area (Å²) in [6.45, 7) is 4.26. The number of rotatable bonds is 5. The van der Waals surface area contributed by atoms with E-state index in [9.17, 15) is 4.79 Å². The largest absolute Gasteiger partial charge is 0.496 e. The Morgan fingerprint density at radius 3 is 2.75 bits per heavy atom. The molecule has 32 heavy (non-hydrogen) atoms. The van der Waals surface area contributed by atoms with E-state index in [0.717, 1.165) is 61.8 Å². The van der Waals surface area contributed by atoms with Crippen LogP contribution in [0.1, 0.15) is 56.6 Å². The zero-order valence-corrected chi connectivity index (χ0v) is 21.8. The van der Waals surface area contributed by atoms with Crippen LogP contribution < -0.4 is 20.1 Å². The van der Waals surface area contributed by atoms with Gasteiger partial charge in [0.25, 0.3) is 0 Å². The molecule has 0 spiro atoms. The Kier molecular flexibility index (Phi) is 8.90. The van der Waals surface area contributed by atoms with E-state index < -0.39 is 0 Å². The van der Waals surface area contributed by atoms with Crippen LogP contribution in [0.4, 0.5) is 0 Å². The van der Waals surface area contributed by atoms with Gasteiger partial charge in [0.15, 0.2) is 5.96 Å². The van der Waals surface area contributed by atoms with Crippen molar-refractivity contribution < 1.29 is 14.3 Å². The van der Waals surface area contributed by atoms with Gasteiger partial charge in [-0.15, -0.1) is 24.0 Å². The topological polar surface area (TPSA) is 75.2 Å². The highest BCUT2D eigenvalue weighted by Gasteiger charge is 2.32. The third-order valence-corrected chi connectivity index (χ3v) is 6.76. The molecule has 2 fully saturated rings. The standard InChI is InChI=1S/C24H36N4O3.HI/c1-16-11-18-12-21(30-3)19(13-22(18)31-16)14-26-24(25-2)27-20-9-10-28(15-20)23(29)17-7-5-4-6-8-17;/h12-13,16-17,20H,4-11,14-15H2,1-3H3,(H2,25,26,27);1H. The van der Waals surface area contributed by atoms with Crippen LogP contribution in [0.15, 0.2) is 17.1 Å². The molecule has 2 atom stereocenters. The SMILES string of the molecule is CN=C(NCc1cc2c(cc1OC)CC(C)O2)NC1CCN(C(=O)C2CCCCC2)C1.I. The van der Waals surface area contributed by atoms with E-state index in [-0.39, 0.29) is 42.0 Å². The minimum atomic E-state index is 0. The normalized spacial score (nSPS) is 23.2. The van der Waals surface area contributed by atoms with E-state index in [1.165, 1.54) is 24.8 Å². The van der Waals surface area contributed by atoms with Gasteiger partial charge in [0.1, 0.15) is 17.6 Å². The van der Waals surface area contributed by atoms with Crippen molar-refractivity contribution in [2.24, 2.45) is 10.9 Å². The van der Waals surface area contributed by atoms with Gasteiger partial charge in [-0.2, -0.15) is 0 Å². The number of guanidine groups is 1. The monoisotopic (exact) mass is 556 g/mol.